The summed E-state index contributed by atoms with van der Waals surface area (Å²) in [4.78, 5) is 0. The lowest BCUT2D eigenvalue weighted by molar-refractivity contribution is -0.0389. The molecule has 1 aromatic carbocycles. The summed E-state index contributed by atoms with van der Waals surface area (Å²) < 4.78 is 26.3. The highest BCUT2D eigenvalue weighted by Crippen LogP contribution is 2.81. The number of hydrogen-bond donors (Lipinski definition) is 0. The van der Waals surface area contributed by atoms with Crippen molar-refractivity contribution in [2.75, 3.05) is 0 Å². The largest absolute Gasteiger partial charge is 0.464 e. The molecular formula is C18H24BFO2. The molecule has 0 radical (unpaired) electrons. The minimum Gasteiger partial charge on any atom is -0.403 e. The third kappa shape index (κ3) is 1.63. The van der Waals surface area contributed by atoms with E-state index in [0.29, 0.717) is 0 Å². The van der Waals surface area contributed by atoms with Gasteiger partial charge in [0.2, 0.25) is 0 Å². The van der Waals surface area contributed by atoms with Gasteiger partial charge in [-0.25, -0.2) is 4.39 Å². The van der Waals surface area contributed by atoms with Crippen molar-refractivity contribution in [3.05, 3.63) is 35.1 Å². The van der Waals surface area contributed by atoms with Gasteiger partial charge in [-0.3, -0.25) is 0 Å². The minimum atomic E-state index is -0.269. The quantitative estimate of drug-likeness (QED) is 0.754. The molecule has 0 unspecified atom stereocenters. The average molecular weight is 302 g/mol. The predicted molar refractivity (Wildman–Crippen MR) is 85.4 cm³/mol. The third-order valence-corrected chi connectivity index (χ3v) is 6.66. The molecule has 4 aliphatic rings. The molecule has 1 aromatic rings. The van der Waals surface area contributed by atoms with E-state index in [1.54, 1.807) is 6.07 Å². The van der Waals surface area contributed by atoms with E-state index in [1.165, 1.54) is 5.56 Å². The van der Waals surface area contributed by atoms with Gasteiger partial charge in [-0.1, -0.05) is 12.1 Å². The van der Waals surface area contributed by atoms with E-state index >= 15 is 0 Å². The molecule has 0 aromatic heterocycles. The van der Waals surface area contributed by atoms with Gasteiger partial charge in [-0.15, -0.1) is 0 Å². The molecule has 5 rings (SSSR count). The summed E-state index contributed by atoms with van der Waals surface area (Å²) >= 11 is 0. The van der Waals surface area contributed by atoms with Crippen LogP contribution in [-0.4, -0.2) is 18.3 Å². The Balaban J connectivity index is 1.54. The molecule has 3 saturated carbocycles. The standard InChI is InChI=1S/C18H24BFO2/c1-12-13(7-6-8-14(12)20)17-9-18(10-17,11-17)19-21-15(2,3)16(4,5)22-19/h6-8H,9-11H2,1-5H3. The van der Waals surface area contributed by atoms with Crippen LogP contribution in [-0.2, 0) is 14.7 Å². The first-order valence-corrected chi connectivity index (χ1v) is 8.22. The second-order valence-electron chi connectivity index (χ2n) is 8.67. The van der Waals surface area contributed by atoms with Crippen LogP contribution in [0.1, 0.15) is 58.1 Å². The van der Waals surface area contributed by atoms with Crippen LogP contribution in [0.25, 0.3) is 0 Å². The Morgan fingerprint density at radius 2 is 1.55 bits per heavy atom. The highest BCUT2D eigenvalue weighted by molar-refractivity contribution is 6.51. The van der Waals surface area contributed by atoms with Crippen molar-refractivity contribution in [3.63, 3.8) is 0 Å². The Kier molecular flexibility index (Phi) is 2.65. The van der Waals surface area contributed by atoms with Gasteiger partial charge in [0.05, 0.1) is 11.2 Å². The van der Waals surface area contributed by atoms with E-state index in [-0.39, 0.29) is 34.9 Å². The molecule has 0 atom stereocenters. The monoisotopic (exact) mass is 302 g/mol. The van der Waals surface area contributed by atoms with Crippen LogP contribution in [0.3, 0.4) is 0 Å². The first kappa shape index (κ1) is 14.7. The van der Waals surface area contributed by atoms with Gasteiger partial charge in [-0.05, 0) is 76.5 Å². The summed E-state index contributed by atoms with van der Waals surface area (Å²) in [5.74, 6) is -0.0908. The Bertz CT molecular complexity index is 617. The van der Waals surface area contributed by atoms with Gasteiger partial charge in [0.1, 0.15) is 5.82 Å². The van der Waals surface area contributed by atoms with Gasteiger partial charge >= 0.3 is 7.12 Å². The topological polar surface area (TPSA) is 18.5 Å². The maximum Gasteiger partial charge on any atom is 0.464 e. The number of rotatable bonds is 2. The lowest BCUT2D eigenvalue weighted by Gasteiger charge is -2.71. The molecule has 1 aliphatic heterocycles. The summed E-state index contributed by atoms with van der Waals surface area (Å²) in [6.07, 6.45) is 3.17. The van der Waals surface area contributed by atoms with Crippen LogP contribution in [0, 0.1) is 12.7 Å². The van der Waals surface area contributed by atoms with Crippen molar-refractivity contribution >= 4 is 7.12 Å². The van der Waals surface area contributed by atoms with Crippen molar-refractivity contribution < 1.29 is 13.7 Å². The van der Waals surface area contributed by atoms with Gasteiger partial charge < -0.3 is 9.31 Å². The lowest BCUT2D eigenvalue weighted by Crippen LogP contribution is -2.66. The second kappa shape index (κ2) is 3.96. The van der Waals surface area contributed by atoms with Gasteiger partial charge in [-0.2, -0.15) is 0 Å². The van der Waals surface area contributed by atoms with Crippen molar-refractivity contribution in [1.82, 2.24) is 0 Å². The van der Waals surface area contributed by atoms with Gasteiger partial charge in [0, 0.05) is 5.31 Å². The maximum atomic E-state index is 13.8. The fourth-order valence-corrected chi connectivity index (χ4v) is 4.68. The first-order chi connectivity index (χ1) is 10.1. The molecule has 2 bridgehead atoms. The van der Waals surface area contributed by atoms with Crippen molar-refractivity contribution in [2.45, 2.75) is 75.8 Å². The first-order valence-electron chi connectivity index (χ1n) is 8.22. The normalized spacial score (nSPS) is 37.6. The SMILES string of the molecule is Cc1c(F)cccc1C12CC(B3OC(C)(C)C(C)(C)O3)(C1)C2. The fraction of sp³-hybridized carbons (Fsp3) is 0.667. The Hall–Kier alpha value is -0.865. The van der Waals surface area contributed by atoms with E-state index in [2.05, 4.69) is 33.8 Å². The summed E-state index contributed by atoms with van der Waals surface area (Å²) in [7, 11) is -0.117. The van der Waals surface area contributed by atoms with Crippen LogP contribution >= 0.6 is 0 Å². The smallest absolute Gasteiger partial charge is 0.403 e. The van der Waals surface area contributed by atoms with E-state index in [0.717, 1.165) is 24.8 Å². The molecule has 0 amide bonds. The van der Waals surface area contributed by atoms with Crippen LogP contribution in [0.2, 0.25) is 5.31 Å². The third-order valence-electron chi connectivity index (χ3n) is 6.66. The fourth-order valence-electron chi connectivity index (χ4n) is 4.68. The van der Waals surface area contributed by atoms with E-state index in [4.69, 9.17) is 9.31 Å². The molecule has 3 aliphatic carbocycles. The zero-order chi connectivity index (χ0) is 16.0. The zero-order valence-corrected chi connectivity index (χ0v) is 14.1. The minimum absolute atomic E-state index is 0.0908. The highest BCUT2D eigenvalue weighted by atomic mass is 19.1. The predicted octanol–water partition coefficient (Wildman–Crippen LogP) is 4.40. The van der Waals surface area contributed by atoms with E-state index < -0.39 is 0 Å². The number of halogens is 1. The molecule has 118 valence electrons. The molecule has 4 fully saturated rings. The summed E-state index contributed by atoms with van der Waals surface area (Å²) in [6.45, 7) is 10.3. The van der Waals surface area contributed by atoms with Crippen molar-refractivity contribution in [3.8, 4) is 0 Å². The molecule has 2 nitrogen and oxygen atoms in total. The summed E-state index contributed by atoms with van der Waals surface area (Å²) in [5, 5.41) is 0.143. The Labute approximate surface area is 132 Å². The zero-order valence-electron chi connectivity index (χ0n) is 14.1. The number of hydrogen-bond acceptors (Lipinski definition) is 2. The second-order valence-corrected chi connectivity index (χ2v) is 8.67. The molecule has 0 spiro atoms. The Morgan fingerprint density at radius 1 is 1.00 bits per heavy atom. The van der Waals surface area contributed by atoms with Crippen LogP contribution in [0.5, 0.6) is 0 Å². The van der Waals surface area contributed by atoms with Crippen molar-refractivity contribution in [1.29, 1.82) is 0 Å². The molecule has 1 heterocycles. The molecular weight excluding hydrogens is 278 g/mol. The van der Waals surface area contributed by atoms with Crippen LogP contribution < -0.4 is 0 Å². The van der Waals surface area contributed by atoms with Crippen molar-refractivity contribution in [2.24, 2.45) is 0 Å². The summed E-state index contributed by atoms with van der Waals surface area (Å²) in [6, 6.07) is 5.47. The Morgan fingerprint density at radius 3 is 2.09 bits per heavy atom. The lowest BCUT2D eigenvalue weighted by atomic mass is 9.23. The van der Waals surface area contributed by atoms with Gasteiger partial charge in [0.25, 0.3) is 0 Å². The van der Waals surface area contributed by atoms with E-state index in [1.807, 2.05) is 13.0 Å². The molecule has 22 heavy (non-hydrogen) atoms. The molecule has 0 N–H and O–H groups in total. The van der Waals surface area contributed by atoms with Crippen LogP contribution in [0.15, 0.2) is 18.2 Å². The highest BCUT2D eigenvalue weighted by Gasteiger charge is 2.77. The maximum absolute atomic E-state index is 13.8. The summed E-state index contributed by atoms with van der Waals surface area (Å²) in [5.41, 5.74) is 1.62. The average Bonchev–Trinajstić information content (AvgIpc) is 2.50. The van der Waals surface area contributed by atoms with E-state index in [9.17, 15) is 4.39 Å². The molecule has 4 heteroatoms. The van der Waals surface area contributed by atoms with Crippen LogP contribution in [0.4, 0.5) is 4.39 Å². The molecule has 1 saturated heterocycles. The number of benzene rings is 1. The van der Waals surface area contributed by atoms with Gasteiger partial charge in [0.15, 0.2) is 0 Å².